The van der Waals surface area contributed by atoms with Gasteiger partial charge in [0.2, 0.25) is 0 Å². The predicted molar refractivity (Wildman–Crippen MR) is 84.7 cm³/mol. The van der Waals surface area contributed by atoms with Crippen molar-refractivity contribution < 1.29 is 29.5 Å². The summed E-state index contributed by atoms with van der Waals surface area (Å²) in [5.41, 5.74) is 0. The van der Waals surface area contributed by atoms with E-state index in [0.29, 0.717) is 5.92 Å². The number of hydrogen-bond donors (Lipinski definition) is 3. The maximum Gasteiger partial charge on any atom is 0.161 e. The molecule has 0 bridgehead atoms. The highest BCUT2D eigenvalue weighted by Crippen LogP contribution is 2.37. The summed E-state index contributed by atoms with van der Waals surface area (Å²) in [6, 6.07) is 0. The molecule has 2 rings (SSSR count). The van der Waals surface area contributed by atoms with Crippen LogP contribution in [0.1, 0.15) is 34.6 Å². The molecule has 0 aliphatic carbocycles. The Morgan fingerprint density at radius 3 is 1.96 bits per heavy atom. The van der Waals surface area contributed by atoms with Crippen LogP contribution >= 0.6 is 0 Å². The van der Waals surface area contributed by atoms with E-state index >= 15 is 0 Å². The maximum atomic E-state index is 10.2. The fourth-order valence-electron chi connectivity index (χ4n) is 3.64. The van der Waals surface area contributed by atoms with Gasteiger partial charge in [0.1, 0.15) is 12.2 Å². The van der Waals surface area contributed by atoms with Gasteiger partial charge in [0.25, 0.3) is 0 Å². The molecule has 0 saturated carbocycles. The summed E-state index contributed by atoms with van der Waals surface area (Å²) in [6.45, 7) is 9.80. The van der Waals surface area contributed by atoms with Crippen molar-refractivity contribution in [2.75, 3.05) is 13.2 Å². The average molecular weight is 332 g/mol. The summed E-state index contributed by atoms with van der Waals surface area (Å²) >= 11 is 0. The zero-order valence-electron chi connectivity index (χ0n) is 14.8. The molecule has 2 heterocycles. The van der Waals surface area contributed by atoms with E-state index in [1.165, 1.54) is 0 Å². The molecule has 10 atom stereocenters. The summed E-state index contributed by atoms with van der Waals surface area (Å²) in [5, 5.41) is 29.2. The minimum atomic E-state index is -0.706. The number of aliphatic hydroxyl groups is 3. The first-order valence-corrected chi connectivity index (χ1v) is 8.67. The first-order valence-electron chi connectivity index (χ1n) is 8.67. The third kappa shape index (κ3) is 3.72. The highest BCUT2D eigenvalue weighted by molar-refractivity contribution is 4.90. The minimum absolute atomic E-state index is 0.0194. The van der Waals surface area contributed by atoms with Gasteiger partial charge in [0, 0.05) is 5.92 Å². The summed E-state index contributed by atoms with van der Waals surface area (Å²) in [5.74, 6) is 0.448. The quantitative estimate of drug-likeness (QED) is 0.705. The fraction of sp³-hybridized carbons (Fsp3) is 1.00. The van der Waals surface area contributed by atoms with E-state index in [1.54, 1.807) is 0 Å². The van der Waals surface area contributed by atoms with Crippen molar-refractivity contribution in [2.24, 2.45) is 23.7 Å². The molecule has 2 aliphatic heterocycles. The SMILES string of the molecule is CC1OC(CO)[C@H](O[C@@H]2OC(CO)[C@H](O)[C@H](C)C2C)[C@H](C)C1C. The van der Waals surface area contributed by atoms with E-state index in [-0.39, 0.29) is 49.3 Å². The van der Waals surface area contributed by atoms with Crippen molar-refractivity contribution in [1.82, 2.24) is 0 Å². The number of ether oxygens (including phenoxy) is 3. The molecule has 0 aromatic heterocycles. The lowest BCUT2D eigenvalue weighted by molar-refractivity contribution is -0.311. The monoisotopic (exact) mass is 332 g/mol. The van der Waals surface area contributed by atoms with Gasteiger partial charge in [-0.15, -0.1) is 0 Å². The van der Waals surface area contributed by atoms with Gasteiger partial charge in [-0.1, -0.05) is 27.7 Å². The first-order chi connectivity index (χ1) is 10.8. The Morgan fingerprint density at radius 1 is 0.783 bits per heavy atom. The molecule has 2 aliphatic rings. The van der Waals surface area contributed by atoms with Gasteiger partial charge < -0.3 is 29.5 Å². The van der Waals surface area contributed by atoms with Crippen LogP contribution in [0.5, 0.6) is 0 Å². The van der Waals surface area contributed by atoms with E-state index in [4.69, 9.17) is 14.2 Å². The van der Waals surface area contributed by atoms with Crippen LogP contribution in [0.4, 0.5) is 0 Å². The van der Waals surface area contributed by atoms with Crippen molar-refractivity contribution in [1.29, 1.82) is 0 Å². The predicted octanol–water partition coefficient (Wildman–Crippen LogP) is 0.774. The van der Waals surface area contributed by atoms with Crippen LogP contribution in [-0.4, -0.2) is 65.3 Å². The zero-order chi connectivity index (χ0) is 17.3. The van der Waals surface area contributed by atoms with Crippen molar-refractivity contribution in [2.45, 2.75) is 71.4 Å². The zero-order valence-corrected chi connectivity index (χ0v) is 14.8. The van der Waals surface area contributed by atoms with E-state index < -0.39 is 18.5 Å². The van der Waals surface area contributed by atoms with Crippen LogP contribution in [0.3, 0.4) is 0 Å². The van der Waals surface area contributed by atoms with Gasteiger partial charge in [-0.3, -0.25) is 0 Å². The molecule has 3 N–H and O–H groups in total. The molecule has 0 radical (unpaired) electrons. The largest absolute Gasteiger partial charge is 0.394 e. The first kappa shape index (κ1) is 19.1. The molecule has 2 saturated heterocycles. The third-order valence-corrected chi connectivity index (χ3v) is 5.98. The molecule has 0 spiro atoms. The van der Waals surface area contributed by atoms with E-state index in [9.17, 15) is 15.3 Å². The van der Waals surface area contributed by atoms with Gasteiger partial charge in [0.05, 0.1) is 31.5 Å². The number of hydrogen-bond acceptors (Lipinski definition) is 6. The summed E-state index contributed by atoms with van der Waals surface area (Å²) in [4.78, 5) is 0. The lowest BCUT2D eigenvalue weighted by atomic mass is 9.81. The Balaban J connectivity index is 2.11. The standard InChI is InChI=1S/C17H32O6/c1-8-10(3)16(14(7-19)21-12(8)5)23-17-11(4)9(2)15(20)13(6-18)22-17/h8-20H,6-7H2,1-5H3/t8?,9-,10-,11?,12?,13?,14?,15-,16-,17+/m1/s1. The second-order valence-corrected chi connectivity index (χ2v) is 7.32. The molecule has 136 valence electrons. The lowest BCUT2D eigenvalue weighted by Crippen LogP contribution is -2.56. The minimum Gasteiger partial charge on any atom is -0.394 e. The molecule has 0 aromatic carbocycles. The molecule has 5 unspecified atom stereocenters. The van der Waals surface area contributed by atoms with Gasteiger partial charge in [-0.05, 0) is 24.7 Å². The molecule has 23 heavy (non-hydrogen) atoms. The highest BCUT2D eigenvalue weighted by Gasteiger charge is 2.46. The highest BCUT2D eigenvalue weighted by atomic mass is 16.7. The Hall–Kier alpha value is -0.240. The molecule has 0 aromatic rings. The van der Waals surface area contributed by atoms with Crippen molar-refractivity contribution in [3.8, 4) is 0 Å². The van der Waals surface area contributed by atoms with Gasteiger partial charge >= 0.3 is 0 Å². The van der Waals surface area contributed by atoms with Crippen LogP contribution in [0.25, 0.3) is 0 Å². The number of rotatable bonds is 4. The summed E-state index contributed by atoms with van der Waals surface area (Å²) in [7, 11) is 0. The van der Waals surface area contributed by atoms with Gasteiger partial charge in [-0.25, -0.2) is 0 Å². The molecular weight excluding hydrogens is 300 g/mol. The van der Waals surface area contributed by atoms with E-state index in [2.05, 4.69) is 13.8 Å². The number of aliphatic hydroxyl groups excluding tert-OH is 3. The smallest absolute Gasteiger partial charge is 0.161 e. The Labute approximate surface area is 138 Å². The van der Waals surface area contributed by atoms with Crippen molar-refractivity contribution in [3.63, 3.8) is 0 Å². The fourth-order valence-corrected chi connectivity index (χ4v) is 3.64. The van der Waals surface area contributed by atoms with Crippen molar-refractivity contribution in [3.05, 3.63) is 0 Å². The lowest BCUT2D eigenvalue weighted by Gasteiger charge is -2.48. The third-order valence-electron chi connectivity index (χ3n) is 5.98. The summed E-state index contributed by atoms with van der Waals surface area (Å²) < 4.78 is 17.9. The molecule has 6 heteroatoms. The van der Waals surface area contributed by atoms with E-state index in [1.807, 2.05) is 20.8 Å². The van der Waals surface area contributed by atoms with Crippen LogP contribution in [0.2, 0.25) is 0 Å². The van der Waals surface area contributed by atoms with Gasteiger partial charge in [0.15, 0.2) is 6.29 Å². The Morgan fingerprint density at radius 2 is 1.39 bits per heavy atom. The van der Waals surface area contributed by atoms with Crippen LogP contribution < -0.4 is 0 Å². The normalized spacial score (nSPS) is 51.7. The molecule has 6 nitrogen and oxygen atoms in total. The molecule has 2 fully saturated rings. The van der Waals surface area contributed by atoms with Crippen molar-refractivity contribution >= 4 is 0 Å². The van der Waals surface area contributed by atoms with Crippen LogP contribution in [0.15, 0.2) is 0 Å². The summed E-state index contributed by atoms with van der Waals surface area (Å²) in [6.07, 6.45) is -2.48. The topological polar surface area (TPSA) is 88.4 Å². The maximum absolute atomic E-state index is 10.2. The van der Waals surface area contributed by atoms with Crippen LogP contribution in [0, 0.1) is 23.7 Å². The molecular formula is C17H32O6. The molecule has 0 amide bonds. The van der Waals surface area contributed by atoms with E-state index in [0.717, 1.165) is 0 Å². The average Bonchev–Trinajstić information content (AvgIpc) is 2.55. The van der Waals surface area contributed by atoms with Gasteiger partial charge in [-0.2, -0.15) is 0 Å². The Kier molecular flexibility index (Phi) is 6.44. The Bertz CT molecular complexity index is 374. The second-order valence-electron chi connectivity index (χ2n) is 7.32. The van der Waals surface area contributed by atoms with Crippen LogP contribution in [-0.2, 0) is 14.2 Å². The second kappa shape index (κ2) is 7.76.